The van der Waals surface area contributed by atoms with Crippen molar-refractivity contribution >= 4 is 22.0 Å². The van der Waals surface area contributed by atoms with Gasteiger partial charge in [-0.2, -0.15) is 8.42 Å². The molecule has 9 heteroatoms. The number of fused-ring (bicyclic) bond motifs is 1. The Morgan fingerprint density at radius 2 is 1.45 bits per heavy atom. The van der Waals surface area contributed by atoms with E-state index < -0.39 is 10.1 Å². The fraction of sp³-hybridized carbons (Fsp3) is 0.125. The molecule has 170 valence electrons. The molecule has 0 atom stereocenters. The van der Waals surface area contributed by atoms with E-state index in [1.165, 1.54) is 56.7 Å². The average Bonchev–Trinajstić information content (AvgIpc) is 3.13. The lowest BCUT2D eigenvalue weighted by Gasteiger charge is -2.09. The van der Waals surface area contributed by atoms with Gasteiger partial charge in [0.05, 0.1) is 26.9 Å². The Morgan fingerprint density at radius 1 is 0.788 bits per heavy atom. The van der Waals surface area contributed by atoms with Gasteiger partial charge in [0.25, 0.3) is 0 Å². The van der Waals surface area contributed by atoms with Crippen molar-refractivity contribution in [2.75, 3.05) is 21.3 Å². The number of ether oxygens (including phenoxy) is 4. The number of Topliss-reactive ketones (excluding diaryl/α,β-unsaturated/α-hetero) is 1. The van der Waals surface area contributed by atoms with Crippen molar-refractivity contribution in [3.8, 4) is 28.7 Å². The number of benzene rings is 3. The molecule has 0 saturated carbocycles. The Bertz CT molecular complexity index is 1340. The smallest absolute Gasteiger partial charge is 0.339 e. The molecule has 1 aliphatic heterocycles. The summed E-state index contributed by atoms with van der Waals surface area (Å²) in [5, 5.41) is 0. The first-order chi connectivity index (χ1) is 15.8. The van der Waals surface area contributed by atoms with Crippen LogP contribution in [0.15, 0.2) is 71.3 Å². The minimum absolute atomic E-state index is 0.0145. The van der Waals surface area contributed by atoms with Gasteiger partial charge in [0.1, 0.15) is 33.6 Å². The zero-order valence-electron chi connectivity index (χ0n) is 18.0. The zero-order chi connectivity index (χ0) is 23.6. The standard InChI is InChI=1S/C24H20O8S/c1-28-16-6-9-19(10-7-16)33(26,27)32-18-8-11-20-22(14-18)31-23(24(20)25)12-15-4-5-17(29-2)13-21(15)30-3/h4-14H,1-3H3/b23-12-. The van der Waals surface area contributed by atoms with E-state index in [1.54, 1.807) is 31.4 Å². The number of ketones is 1. The summed E-state index contributed by atoms with van der Waals surface area (Å²) >= 11 is 0. The van der Waals surface area contributed by atoms with Crippen molar-refractivity contribution in [2.45, 2.75) is 4.90 Å². The molecule has 3 aromatic carbocycles. The Morgan fingerprint density at radius 3 is 2.12 bits per heavy atom. The first-order valence-corrected chi connectivity index (χ1v) is 11.1. The van der Waals surface area contributed by atoms with Crippen LogP contribution in [0.1, 0.15) is 15.9 Å². The van der Waals surface area contributed by atoms with Crippen molar-refractivity contribution in [1.82, 2.24) is 0 Å². The number of hydrogen-bond acceptors (Lipinski definition) is 8. The molecule has 8 nitrogen and oxygen atoms in total. The predicted molar refractivity (Wildman–Crippen MR) is 120 cm³/mol. The second kappa shape index (κ2) is 8.87. The summed E-state index contributed by atoms with van der Waals surface area (Å²) in [6.07, 6.45) is 1.55. The van der Waals surface area contributed by atoms with Gasteiger partial charge in [-0.25, -0.2) is 0 Å². The van der Waals surface area contributed by atoms with Gasteiger partial charge in [0.2, 0.25) is 5.78 Å². The third-order valence-electron chi connectivity index (χ3n) is 4.92. The predicted octanol–water partition coefficient (Wildman–Crippen LogP) is 4.10. The molecule has 0 aliphatic carbocycles. The molecule has 1 heterocycles. The number of carbonyl (C=O) groups is 1. The number of carbonyl (C=O) groups excluding carboxylic acids is 1. The number of allylic oxidation sites excluding steroid dienone is 1. The van der Waals surface area contributed by atoms with Gasteiger partial charge in [-0.05, 0) is 54.6 Å². The van der Waals surface area contributed by atoms with Crippen molar-refractivity contribution in [3.63, 3.8) is 0 Å². The maximum Gasteiger partial charge on any atom is 0.339 e. The minimum atomic E-state index is -4.09. The van der Waals surface area contributed by atoms with Gasteiger partial charge >= 0.3 is 10.1 Å². The number of methoxy groups -OCH3 is 3. The van der Waals surface area contributed by atoms with E-state index in [0.717, 1.165) is 0 Å². The van der Waals surface area contributed by atoms with Crippen LogP contribution < -0.4 is 23.1 Å². The highest BCUT2D eigenvalue weighted by molar-refractivity contribution is 7.87. The minimum Gasteiger partial charge on any atom is -0.497 e. The average molecular weight is 468 g/mol. The summed E-state index contributed by atoms with van der Waals surface area (Å²) in [5.74, 6) is 1.57. The Hall–Kier alpha value is -3.98. The summed E-state index contributed by atoms with van der Waals surface area (Å²) < 4.78 is 51.7. The van der Waals surface area contributed by atoms with Crippen LogP contribution in [-0.4, -0.2) is 35.5 Å². The number of rotatable bonds is 7. The molecule has 0 bridgehead atoms. The van der Waals surface area contributed by atoms with Gasteiger partial charge in [0.15, 0.2) is 5.76 Å². The Kier molecular flexibility index (Phi) is 5.97. The molecular weight excluding hydrogens is 448 g/mol. The Balaban J connectivity index is 1.58. The van der Waals surface area contributed by atoms with E-state index in [0.29, 0.717) is 28.4 Å². The third-order valence-corrected chi connectivity index (χ3v) is 6.18. The number of hydrogen-bond donors (Lipinski definition) is 0. The van der Waals surface area contributed by atoms with E-state index in [2.05, 4.69) is 0 Å². The zero-order valence-corrected chi connectivity index (χ0v) is 18.8. The van der Waals surface area contributed by atoms with Crippen LogP contribution in [-0.2, 0) is 10.1 Å². The molecule has 4 rings (SSSR count). The quantitative estimate of drug-likeness (QED) is 0.378. The summed E-state index contributed by atoms with van der Waals surface area (Å²) in [7, 11) is 0.452. The normalized spacial score (nSPS) is 13.9. The van der Waals surface area contributed by atoms with Gasteiger partial charge in [-0.3, -0.25) is 4.79 Å². The fourth-order valence-corrected chi connectivity index (χ4v) is 4.14. The lowest BCUT2D eigenvalue weighted by Crippen LogP contribution is -2.09. The SMILES string of the molecule is COc1ccc(S(=O)(=O)Oc2ccc3c(c2)O/C(=C\c2ccc(OC)cc2OC)C3=O)cc1. The molecule has 0 aromatic heterocycles. The van der Waals surface area contributed by atoms with E-state index in [9.17, 15) is 13.2 Å². The third kappa shape index (κ3) is 4.49. The van der Waals surface area contributed by atoms with E-state index in [-0.39, 0.29) is 27.9 Å². The summed E-state index contributed by atoms with van der Waals surface area (Å²) in [6.45, 7) is 0. The highest BCUT2D eigenvalue weighted by Gasteiger charge is 2.29. The van der Waals surface area contributed by atoms with Gasteiger partial charge in [0, 0.05) is 17.7 Å². The lowest BCUT2D eigenvalue weighted by molar-refractivity contribution is 0.101. The molecule has 33 heavy (non-hydrogen) atoms. The van der Waals surface area contributed by atoms with E-state index >= 15 is 0 Å². The highest BCUT2D eigenvalue weighted by atomic mass is 32.2. The second-order valence-electron chi connectivity index (χ2n) is 6.92. The highest BCUT2D eigenvalue weighted by Crippen LogP contribution is 2.37. The lowest BCUT2D eigenvalue weighted by atomic mass is 10.1. The van der Waals surface area contributed by atoms with Gasteiger partial charge in [-0.15, -0.1) is 0 Å². The van der Waals surface area contributed by atoms with Crippen molar-refractivity contribution in [1.29, 1.82) is 0 Å². The van der Waals surface area contributed by atoms with Crippen LogP contribution in [0.2, 0.25) is 0 Å². The van der Waals surface area contributed by atoms with Crippen LogP contribution in [0, 0.1) is 0 Å². The monoisotopic (exact) mass is 468 g/mol. The first-order valence-electron chi connectivity index (χ1n) is 9.73. The van der Waals surface area contributed by atoms with E-state index in [4.69, 9.17) is 23.1 Å². The molecule has 3 aromatic rings. The van der Waals surface area contributed by atoms with Crippen molar-refractivity contribution in [2.24, 2.45) is 0 Å². The maximum absolute atomic E-state index is 12.8. The second-order valence-corrected chi connectivity index (χ2v) is 8.46. The first kappa shape index (κ1) is 22.2. The molecule has 0 amide bonds. The molecule has 0 spiro atoms. The summed E-state index contributed by atoms with van der Waals surface area (Å²) in [5.41, 5.74) is 0.913. The largest absolute Gasteiger partial charge is 0.497 e. The molecular formula is C24H20O8S. The molecule has 1 aliphatic rings. The van der Waals surface area contributed by atoms with Gasteiger partial charge < -0.3 is 23.1 Å². The van der Waals surface area contributed by atoms with Crippen LogP contribution in [0.3, 0.4) is 0 Å². The molecule has 0 radical (unpaired) electrons. The maximum atomic E-state index is 12.8. The summed E-state index contributed by atoms with van der Waals surface area (Å²) in [4.78, 5) is 12.7. The molecule has 0 saturated heterocycles. The molecule has 0 N–H and O–H groups in total. The fourth-order valence-electron chi connectivity index (χ4n) is 3.22. The van der Waals surface area contributed by atoms with Crippen LogP contribution in [0.5, 0.6) is 28.7 Å². The van der Waals surface area contributed by atoms with Crippen LogP contribution >= 0.6 is 0 Å². The van der Waals surface area contributed by atoms with Crippen LogP contribution in [0.4, 0.5) is 0 Å². The van der Waals surface area contributed by atoms with Crippen LogP contribution in [0.25, 0.3) is 6.08 Å². The topological polar surface area (TPSA) is 97.4 Å². The molecule has 0 fully saturated rings. The molecule has 0 unspecified atom stereocenters. The Labute approximate surface area is 191 Å². The van der Waals surface area contributed by atoms with Gasteiger partial charge in [-0.1, -0.05) is 0 Å². The summed E-state index contributed by atoms with van der Waals surface area (Å²) in [6, 6.07) is 15.2. The van der Waals surface area contributed by atoms with E-state index in [1.807, 2.05) is 0 Å². The van der Waals surface area contributed by atoms with Crippen molar-refractivity contribution < 1.29 is 36.3 Å². The van der Waals surface area contributed by atoms with Crippen molar-refractivity contribution in [3.05, 3.63) is 77.5 Å².